The van der Waals surface area contributed by atoms with E-state index in [-0.39, 0.29) is 11.7 Å². The third kappa shape index (κ3) is 3.20. The van der Waals surface area contributed by atoms with Crippen molar-refractivity contribution in [2.24, 2.45) is 0 Å². The van der Waals surface area contributed by atoms with Gasteiger partial charge in [-0.3, -0.25) is 9.78 Å². The fourth-order valence-electron chi connectivity index (χ4n) is 1.88. The number of halogens is 1. The van der Waals surface area contributed by atoms with Gasteiger partial charge >= 0.3 is 0 Å². The fraction of sp³-hybridized carbons (Fsp3) is 0. The van der Waals surface area contributed by atoms with Crippen molar-refractivity contribution in [2.45, 2.75) is 0 Å². The molecule has 104 valence electrons. The molecule has 2 heterocycles. The van der Waals surface area contributed by atoms with Crippen LogP contribution in [0.15, 0.2) is 69.9 Å². The molecule has 0 saturated heterocycles. The van der Waals surface area contributed by atoms with Crippen LogP contribution < -0.4 is 5.32 Å². The molecule has 1 aromatic carbocycles. The Kier molecular flexibility index (Phi) is 3.83. The maximum absolute atomic E-state index is 11.9. The number of hydrogen-bond acceptors (Lipinski definition) is 3. The van der Waals surface area contributed by atoms with Crippen LogP contribution in [0.2, 0.25) is 0 Å². The summed E-state index contributed by atoms with van der Waals surface area (Å²) in [5.41, 5.74) is 2.51. The monoisotopic (exact) mass is 342 g/mol. The van der Waals surface area contributed by atoms with Crippen molar-refractivity contribution in [1.82, 2.24) is 4.98 Å². The molecule has 5 heteroatoms. The topological polar surface area (TPSA) is 55.1 Å². The Hall–Kier alpha value is -2.40. The highest BCUT2D eigenvalue weighted by Crippen LogP contribution is 2.19. The minimum atomic E-state index is -0.310. The molecule has 3 rings (SSSR count). The second-order valence-corrected chi connectivity index (χ2v) is 5.14. The van der Waals surface area contributed by atoms with Crippen LogP contribution in [-0.4, -0.2) is 10.9 Å². The standard InChI is InChI=1S/C16H11BrN2O2/c17-15-9-8-14(21-15)16(20)19-12-6-7-13(18-10-12)11-4-2-1-3-5-11/h1-10H,(H,19,20). The molecule has 0 aliphatic heterocycles. The summed E-state index contributed by atoms with van der Waals surface area (Å²) >= 11 is 3.16. The number of aromatic nitrogens is 1. The molecule has 0 spiro atoms. The van der Waals surface area contributed by atoms with Crippen molar-refractivity contribution in [3.05, 3.63) is 71.2 Å². The van der Waals surface area contributed by atoms with Gasteiger partial charge in [0.1, 0.15) is 0 Å². The maximum Gasteiger partial charge on any atom is 0.291 e. The summed E-state index contributed by atoms with van der Waals surface area (Å²) in [4.78, 5) is 16.3. The van der Waals surface area contributed by atoms with Gasteiger partial charge in [-0.25, -0.2) is 0 Å². The molecule has 1 amide bonds. The summed E-state index contributed by atoms with van der Waals surface area (Å²) in [6, 6.07) is 16.8. The summed E-state index contributed by atoms with van der Waals surface area (Å²) < 4.78 is 5.71. The first kappa shape index (κ1) is 13.6. The third-order valence-electron chi connectivity index (χ3n) is 2.89. The van der Waals surface area contributed by atoms with E-state index in [2.05, 4.69) is 26.2 Å². The first-order valence-corrected chi connectivity index (χ1v) is 7.10. The van der Waals surface area contributed by atoms with Crippen LogP contribution >= 0.6 is 15.9 Å². The quantitative estimate of drug-likeness (QED) is 0.769. The molecular formula is C16H11BrN2O2. The molecule has 0 aliphatic carbocycles. The summed E-state index contributed by atoms with van der Waals surface area (Å²) in [6.07, 6.45) is 1.62. The van der Waals surface area contributed by atoms with E-state index in [0.29, 0.717) is 10.4 Å². The van der Waals surface area contributed by atoms with Crippen molar-refractivity contribution in [2.75, 3.05) is 5.32 Å². The molecule has 0 aliphatic rings. The van der Waals surface area contributed by atoms with Gasteiger partial charge in [0.15, 0.2) is 10.4 Å². The minimum Gasteiger partial charge on any atom is -0.444 e. The Balaban J connectivity index is 1.74. The van der Waals surface area contributed by atoms with E-state index >= 15 is 0 Å². The van der Waals surface area contributed by atoms with E-state index in [1.807, 2.05) is 42.5 Å². The highest BCUT2D eigenvalue weighted by atomic mass is 79.9. The molecule has 0 saturated carbocycles. The van der Waals surface area contributed by atoms with Gasteiger partial charge in [-0.1, -0.05) is 30.3 Å². The Labute approximate surface area is 130 Å². The predicted molar refractivity (Wildman–Crippen MR) is 84.0 cm³/mol. The fourth-order valence-corrected chi connectivity index (χ4v) is 2.18. The summed E-state index contributed by atoms with van der Waals surface area (Å²) in [5, 5.41) is 2.73. The number of nitrogens with one attached hydrogen (secondary N) is 1. The lowest BCUT2D eigenvalue weighted by molar-refractivity contribution is 0.0995. The largest absolute Gasteiger partial charge is 0.444 e. The lowest BCUT2D eigenvalue weighted by atomic mass is 10.1. The normalized spacial score (nSPS) is 10.3. The molecule has 1 N–H and O–H groups in total. The van der Waals surface area contributed by atoms with Crippen LogP contribution in [0.4, 0.5) is 5.69 Å². The summed E-state index contributed by atoms with van der Waals surface area (Å²) in [5.74, 6) is -0.0658. The van der Waals surface area contributed by atoms with E-state index < -0.39 is 0 Å². The molecule has 3 aromatic rings. The average Bonchev–Trinajstić information content (AvgIpc) is 2.96. The first-order valence-electron chi connectivity index (χ1n) is 6.30. The molecule has 0 unspecified atom stereocenters. The Morgan fingerprint density at radius 1 is 1.05 bits per heavy atom. The molecule has 0 fully saturated rings. The zero-order valence-electron chi connectivity index (χ0n) is 10.9. The number of rotatable bonds is 3. The van der Waals surface area contributed by atoms with Crippen LogP contribution in [0.3, 0.4) is 0 Å². The number of hydrogen-bond donors (Lipinski definition) is 1. The Bertz CT molecular complexity index is 751. The molecule has 4 nitrogen and oxygen atoms in total. The molecule has 0 atom stereocenters. The highest BCUT2D eigenvalue weighted by Gasteiger charge is 2.10. The number of pyridine rings is 1. The number of amides is 1. The first-order chi connectivity index (χ1) is 10.2. The highest BCUT2D eigenvalue weighted by molar-refractivity contribution is 9.10. The van der Waals surface area contributed by atoms with Crippen molar-refractivity contribution < 1.29 is 9.21 Å². The van der Waals surface area contributed by atoms with Crippen molar-refractivity contribution in [1.29, 1.82) is 0 Å². The van der Waals surface area contributed by atoms with E-state index in [0.717, 1.165) is 11.3 Å². The van der Waals surface area contributed by atoms with E-state index in [1.165, 1.54) is 0 Å². The molecule has 21 heavy (non-hydrogen) atoms. The maximum atomic E-state index is 11.9. The SMILES string of the molecule is O=C(Nc1ccc(-c2ccccc2)nc1)c1ccc(Br)o1. The number of nitrogens with zero attached hydrogens (tertiary/aromatic N) is 1. The molecular weight excluding hydrogens is 332 g/mol. The lowest BCUT2D eigenvalue weighted by Crippen LogP contribution is -2.10. The van der Waals surface area contributed by atoms with E-state index in [9.17, 15) is 4.79 Å². The average molecular weight is 343 g/mol. The van der Waals surface area contributed by atoms with E-state index in [1.54, 1.807) is 18.3 Å². The van der Waals surface area contributed by atoms with Gasteiger partial charge in [0.25, 0.3) is 5.91 Å². The number of anilines is 1. The zero-order chi connectivity index (χ0) is 14.7. The van der Waals surface area contributed by atoms with Gasteiger partial charge in [-0.15, -0.1) is 0 Å². The van der Waals surface area contributed by atoms with Gasteiger partial charge in [0, 0.05) is 5.56 Å². The third-order valence-corrected chi connectivity index (χ3v) is 3.31. The van der Waals surface area contributed by atoms with Crippen molar-refractivity contribution in [3.8, 4) is 11.3 Å². The van der Waals surface area contributed by atoms with E-state index in [4.69, 9.17) is 4.42 Å². The van der Waals surface area contributed by atoms with Gasteiger partial charge in [0.2, 0.25) is 0 Å². The number of benzene rings is 1. The molecule has 0 bridgehead atoms. The van der Waals surface area contributed by atoms with Crippen molar-refractivity contribution in [3.63, 3.8) is 0 Å². The van der Waals surface area contributed by atoms with Gasteiger partial charge in [-0.2, -0.15) is 0 Å². The second kappa shape index (κ2) is 5.93. The van der Waals surface area contributed by atoms with Gasteiger partial charge in [0.05, 0.1) is 17.6 Å². The van der Waals surface area contributed by atoms with Crippen molar-refractivity contribution >= 4 is 27.5 Å². The second-order valence-electron chi connectivity index (χ2n) is 4.36. The summed E-state index contributed by atoms with van der Waals surface area (Å²) in [7, 11) is 0. The number of furan rings is 1. The number of carbonyl (C=O) groups excluding carboxylic acids is 1. The number of carbonyl (C=O) groups is 1. The Morgan fingerprint density at radius 2 is 1.86 bits per heavy atom. The van der Waals surface area contributed by atoms with Gasteiger partial charge < -0.3 is 9.73 Å². The van der Waals surface area contributed by atoms with Crippen LogP contribution in [0.5, 0.6) is 0 Å². The lowest BCUT2D eigenvalue weighted by Gasteiger charge is -2.04. The molecule has 2 aromatic heterocycles. The summed E-state index contributed by atoms with van der Waals surface area (Å²) in [6.45, 7) is 0. The molecule has 0 radical (unpaired) electrons. The minimum absolute atomic E-state index is 0.244. The predicted octanol–water partition coefficient (Wildman–Crippen LogP) is 4.36. The van der Waals surface area contributed by atoms with Crippen LogP contribution in [-0.2, 0) is 0 Å². The van der Waals surface area contributed by atoms with Crippen LogP contribution in [0.25, 0.3) is 11.3 Å². The van der Waals surface area contributed by atoms with Gasteiger partial charge in [-0.05, 0) is 40.2 Å². The zero-order valence-corrected chi connectivity index (χ0v) is 12.5. The smallest absolute Gasteiger partial charge is 0.291 e. The Morgan fingerprint density at radius 3 is 2.48 bits per heavy atom. The van der Waals surface area contributed by atoms with Crippen LogP contribution in [0, 0.1) is 0 Å². The van der Waals surface area contributed by atoms with Crippen LogP contribution in [0.1, 0.15) is 10.6 Å².